The Balaban J connectivity index is 1.83. The molecule has 1 amide bonds. The van der Waals surface area contributed by atoms with E-state index in [1.807, 2.05) is 0 Å². The number of carbonyl (C=O) groups is 1. The quantitative estimate of drug-likeness (QED) is 0.513. The molecular weight excluding hydrogens is 421 g/mol. The second-order valence-corrected chi connectivity index (χ2v) is 6.45. The molecule has 0 spiro atoms. The van der Waals surface area contributed by atoms with Crippen LogP contribution in [0, 0.1) is 0 Å². The first-order valence-corrected chi connectivity index (χ1v) is 9.05. The molecule has 0 saturated carbocycles. The van der Waals surface area contributed by atoms with Gasteiger partial charge >= 0.3 is 0 Å². The molecule has 7 nitrogen and oxygen atoms in total. The number of rotatable bonds is 7. The molecule has 0 aliphatic heterocycles. The van der Waals surface area contributed by atoms with Gasteiger partial charge in [-0.15, -0.1) is 0 Å². The van der Waals surface area contributed by atoms with Gasteiger partial charge in [-0.3, -0.25) is 4.79 Å². The molecule has 0 radical (unpaired) electrons. The van der Waals surface area contributed by atoms with E-state index in [9.17, 15) is 4.79 Å². The Bertz CT molecular complexity index is 988. The molecule has 9 heteroatoms. The lowest BCUT2D eigenvalue weighted by molar-refractivity contribution is 0.0991. The van der Waals surface area contributed by atoms with Gasteiger partial charge in [0, 0.05) is 18.2 Å². The maximum atomic E-state index is 12.6. The van der Waals surface area contributed by atoms with Crippen molar-refractivity contribution in [1.29, 1.82) is 0 Å². The standard InChI is InChI=1S/C20H17Cl2NO6/c1-25-11-9-15(26-2)18(16(10-11)27-3)23-20(24)14-7-8-17(28-14)29-19-12(21)5-4-6-13(19)22/h4-10H,1-3H3,(H,23,24). The van der Waals surface area contributed by atoms with Crippen LogP contribution in [0.25, 0.3) is 0 Å². The highest BCUT2D eigenvalue weighted by atomic mass is 35.5. The summed E-state index contributed by atoms with van der Waals surface area (Å²) in [4.78, 5) is 12.6. The van der Waals surface area contributed by atoms with Crippen molar-refractivity contribution in [1.82, 2.24) is 0 Å². The molecule has 3 rings (SSSR count). The van der Waals surface area contributed by atoms with E-state index in [2.05, 4.69) is 5.32 Å². The topological polar surface area (TPSA) is 79.2 Å². The molecular formula is C20H17Cl2NO6. The third-order valence-corrected chi connectivity index (χ3v) is 4.48. The Labute approximate surface area is 177 Å². The van der Waals surface area contributed by atoms with Gasteiger partial charge in [0.1, 0.15) is 22.9 Å². The van der Waals surface area contributed by atoms with Gasteiger partial charge in [-0.2, -0.15) is 0 Å². The number of ether oxygens (including phenoxy) is 4. The highest BCUT2D eigenvalue weighted by molar-refractivity contribution is 6.37. The number of amides is 1. The zero-order chi connectivity index (χ0) is 21.0. The zero-order valence-corrected chi connectivity index (χ0v) is 17.3. The van der Waals surface area contributed by atoms with Crippen molar-refractivity contribution in [3.05, 3.63) is 58.3 Å². The summed E-state index contributed by atoms with van der Waals surface area (Å²) in [5.74, 6) is 0.993. The van der Waals surface area contributed by atoms with Gasteiger partial charge < -0.3 is 28.7 Å². The molecule has 1 N–H and O–H groups in total. The predicted molar refractivity (Wildman–Crippen MR) is 109 cm³/mol. The average Bonchev–Trinajstić information content (AvgIpc) is 3.19. The number of nitrogens with one attached hydrogen (secondary N) is 1. The van der Waals surface area contributed by atoms with E-state index >= 15 is 0 Å². The molecule has 3 aromatic rings. The highest BCUT2D eigenvalue weighted by Crippen LogP contribution is 2.40. The lowest BCUT2D eigenvalue weighted by Gasteiger charge is -2.15. The Morgan fingerprint density at radius 3 is 2.10 bits per heavy atom. The molecule has 0 saturated heterocycles. The summed E-state index contributed by atoms with van der Waals surface area (Å²) in [5.41, 5.74) is 0.328. The second kappa shape index (κ2) is 8.98. The van der Waals surface area contributed by atoms with Gasteiger partial charge in [0.05, 0.1) is 31.4 Å². The number of hydrogen-bond donors (Lipinski definition) is 1. The Kier molecular flexibility index (Phi) is 6.41. The van der Waals surface area contributed by atoms with Gasteiger partial charge in [0.2, 0.25) is 0 Å². The molecule has 29 heavy (non-hydrogen) atoms. The van der Waals surface area contributed by atoms with Crippen LogP contribution in [-0.4, -0.2) is 27.2 Å². The minimum absolute atomic E-state index is 0.00287. The third-order valence-electron chi connectivity index (χ3n) is 3.88. The van der Waals surface area contributed by atoms with Crippen LogP contribution < -0.4 is 24.3 Å². The summed E-state index contributed by atoms with van der Waals surface area (Å²) >= 11 is 12.2. The summed E-state index contributed by atoms with van der Waals surface area (Å²) in [6.45, 7) is 0. The molecule has 0 bridgehead atoms. The van der Waals surface area contributed by atoms with E-state index in [1.165, 1.54) is 33.5 Å². The number of halogens is 2. The maximum absolute atomic E-state index is 12.6. The van der Waals surface area contributed by atoms with Crippen LogP contribution in [-0.2, 0) is 0 Å². The second-order valence-electron chi connectivity index (χ2n) is 5.63. The summed E-state index contributed by atoms with van der Waals surface area (Å²) in [6.07, 6.45) is 0. The lowest BCUT2D eigenvalue weighted by Crippen LogP contribution is -2.13. The number of benzene rings is 2. The van der Waals surface area contributed by atoms with Crippen molar-refractivity contribution in [2.45, 2.75) is 0 Å². The Morgan fingerprint density at radius 2 is 1.55 bits per heavy atom. The van der Waals surface area contributed by atoms with Crippen molar-refractivity contribution in [2.24, 2.45) is 0 Å². The van der Waals surface area contributed by atoms with Gasteiger partial charge in [0.25, 0.3) is 11.9 Å². The van der Waals surface area contributed by atoms with Crippen molar-refractivity contribution >= 4 is 34.8 Å². The first-order chi connectivity index (χ1) is 14.0. The van der Waals surface area contributed by atoms with Gasteiger partial charge in [-0.1, -0.05) is 29.3 Å². The van der Waals surface area contributed by atoms with Crippen molar-refractivity contribution in [2.75, 3.05) is 26.6 Å². The number of para-hydroxylation sites is 1. The van der Waals surface area contributed by atoms with E-state index in [1.54, 1.807) is 30.3 Å². The zero-order valence-electron chi connectivity index (χ0n) is 15.7. The SMILES string of the molecule is COc1cc(OC)c(NC(=O)c2ccc(Oc3c(Cl)cccc3Cl)o2)c(OC)c1. The van der Waals surface area contributed by atoms with E-state index in [0.29, 0.717) is 33.0 Å². The van der Waals surface area contributed by atoms with Crippen molar-refractivity contribution < 1.29 is 28.2 Å². The summed E-state index contributed by atoms with van der Waals surface area (Å²) < 4.78 is 26.9. The fourth-order valence-corrected chi connectivity index (χ4v) is 2.96. The molecule has 0 unspecified atom stereocenters. The molecule has 1 aromatic heterocycles. The molecule has 0 atom stereocenters. The molecule has 0 fully saturated rings. The summed E-state index contributed by atoms with van der Waals surface area (Å²) in [5, 5.41) is 3.33. The van der Waals surface area contributed by atoms with Crippen LogP contribution in [0.4, 0.5) is 5.69 Å². The van der Waals surface area contributed by atoms with Crippen molar-refractivity contribution in [3.63, 3.8) is 0 Å². The summed E-state index contributed by atoms with van der Waals surface area (Å²) in [6, 6.07) is 11.1. The predicted octanol–water partition coefficient (Wildman–Crippen LogP) is 5.66. The number of anilines is 1. The van der Waals surface area contributed by atoms with Crippen LogP contribution in [0.3, 0.4) is 0 Å². The van der Waals surface area contributed by atoms with Crippen LogP contribution >= 0.6 is 23.2 Å². The molecule has 1 heterocycles. The van der Waals surface area contributed by atoms with E-state index in [0.717, 1.165) is 0 Å². The van der Waals surface area contributed by atoms with Crippen LogP contribution in [0.5, 0.6) is 28.9 Å². The maximum Gasteiger partial charge on any atom is 0.291 e. The van der Waals surface area contributed by atoms with Crippen LogP contribution in [0.1, 0.15) is 10.6 Å². The Morgan fingerprint density at radius 1 is 0.931 bits per heavy atom. The third kappa shape index (κ3) is 4.52. The largest absolute Gasteiger partial charge is 0.496 e. The van der Waals surface area contributed by atoms with Gasteiger partial charge in [-0.05, 0) is 18.2 Å². The number of methoxy groups -OCH3 is 3. The molecule has 0 aliphatic carbocycles. The average molecular weight is 438 g/mol. The number of hydrogen-bond acceptors (Lipinski definition) is 6. The van der Waals surface area contributed by atoms with Gasteiger partial charge in [-0.25, -0.2) is 0 Å². The molecule has 152 valence electrons. The fraction of sp³-hybridized carbons (Fsp3) is 0.150. The molecule has 0 aliphatic rings. The minimum Gasteiger partial charge on any atom is -0.496 e. The summed E-state index contributed by atoms with van der Waals surface area (Å²) in [7, 11) is 4.45. The number of carbonyl (C=O) groups excluding carboxylic acids is 1. The highest BCUT2D eigenvalue weighted by Gasteiger charge is 2.20. The smallest absolute Gasteiger partial charge is 0.291 e. The van der Waals surface area contributed by atoms with Crippen LogP contribution in [0.2, 0.25) is 10.0 Å². The first-order valence-electron chi connectivity index (χ1n) is 8.30. The van der Waals surface area contributed by atoms with Crippen molar-refractivity contribution in [3.8, 4) is 28.9 Å². The van der Waals surface area contributed by atoms with E-state index < -0.39 is 5.91 Å². The fourth-order valence-electron chi connectivity index (χ4n) is 2.48. The normalized spacial score (nSPS) is 10.4. The van der Waals surface area contributed by atoms with E-state index in [4.69, 9.17) is 46.6 Å². The van der Waals surface area contributed by atoms with Gasteiger partial charge in [0.15, 0.2) is 11.5 Å². The lowest BCUT2D eigenvalue weighted by atomic mass is 10.2. The Hall–Kier alpha value is -3.03. The van der Waals surface area contributed by atoms with E-state index in [-0.39, 0.29) is 17.5 Å². The minimum atomic E-state index is -0.535. The monoisotopic (exact) mass is 437 g/mol. The first kappa shape index (κ1) is 20.7. The molecule has 2 aromatic carbocycles. The number of furan rings is 1. The van der Waals surface area contributed by atoms with Crippen LogP contribution in [0.15, 0.2) is 46.9 Å².